The summed E-state index contributed by atoms with van der Waals surface area (Å²) in [5.74, 6) is 0. The maximum atomic E-state index is 9.42. The zero-order valence-electron chi connectivity index (χ0n) is 12.8. The fourth-order valence-corrected chi connectivity index (χ4v) is 3.30. The van der Waals surface area contributed by atoms with Crippen molar-refractivity contribution in [2.24, 2.45) is 0 Å². The van der Waals surface area contributed by atoms with Crippen LogP contribution in [0.2, 0.25) is 0 Å². The molecule has 1 saturated heterocycles. The molecule has 3 nitrogen and oxygen atoms in total. The van der Waals surface area contributed by atoms with Gasteiger partial charge >= 0.3 is 0 Å². The zero-order chi connectivity index (χ0) is 14.4. The van der Waals surface area contributed by atoms with Crippen LogP contribution in [0, 0.1) is 0 Å². The van der Waals surface area contributed by atoms with E-state index >= 15 is 0 Å². The third-order valence-corrected chi connectivity index (χ3v) is 4.56. The van der Waals surface area contributed by atoms with Crippen LogP contribution >= 0.6 is 0 Å². The highest BCUT2D eigenvalue weighted by molar-refractivity contribution is 5.19. The van der Waals surface area contributed by atoms with E-state index in [9.17, 15) is 5.11 Å². The molecule has 0 saturated carbocycles. The number of aliphatic hydroxyl groups is 1. The lowest BCUT2D eigenvalue weighted by Gasteiger charge is -2.41. The SMILES string of the molecule is CC[C@@H](CO)N1CCN([C@@H](CC)c2ccccc2)CC1. The average Bonchev–Trinajstić information content (AvgIpc) is 2.52. The van der Waals surface area contributed by atoms with E-state index in [1.165, 1.54) is 5.56 Å². The summed E-state index contributed by atoms with van der Waals surface area (Å²) in [5, 5.41) is 9.42. The van der Waals surface area contributed by atoms with Gasteiger partial charge in [-0.3, -0.25) is 9.80 Å². The van der Waals surface area contributed by atoms with Gasteiger partial charge in [-0.2, -0.15) is 0 Å². The summed E-state index contributed by atoms with van der Waals surface area (Å²) < 4.78 is 0. The van der Waals surface area contributed by atoms with E-state index in [-0.39, 0.29) is 6.61 Å². The van der Waals surface area contributed by atoms with Crippen molar-refractivity contribution in [2.75, 3.05) is 32.8 Å². The minimum Gasteiger partial charge on any atom is -0.395 e. The van der Waals surface area contributed by atoms with Crippen LogP contribution in [-0.4, -0.2) is 53.7 Å². The van der Waals surface area contributed by atoms with E-state index in [1.807, 2.05) is 0 Å². The van der Waals surface area contributed by atoms with Gasteiger partial charge in [0, 0.05) is 38.3 Å². The molecular formula is C17H28N2O. The first-order chi connectivity index (χ1) is 9.80. The van der Waals surface area contributed by atoms with Crippen LogP contribution in [0.25, 0.3) is 0 Å². The average molecular weight is 276 g/mol. The van der Waals surface area contributed by atoms with E-state index in [1.54, 1.807) is 0 Å². The van der Waals surface area contributed by atoms with Gasteiger partial charge in [0.1, 0.15) is 0 Å². The number of rotatable bonds is 6. The molecule has 0 amide bonds. The monoisotopic (exact) mass is 276 g/mol. The van der Waals surface area contributed by atoms with Crippen molar-refractivity contribution in [3.8, 4) is 0 Å². The highest BCUT2D eigenvalue weighted by Crippen LogP contribution is 2.25. The third kappa shape index (κ3) is 3.60. The number of benzene rings is 1. The van der Waals surface area contributed by atoms with Gasteiger partial charge in [0.15, 0.2) is 0 Å². The minimum absolute atomic E-state index is 0.284. The molecule has 112 valence electrons. The van der Waals surface area contributed by atoms with Crippen LogP contribution in [-0.2, 0) is 0 Å². The minimum atomic E-state index is 0.284. The maximum absolute atomic E-state index is 9.42. The highest BCUT2D eigenvalue weighted by atomic mass is 16.3. The van der Waals surface area contributed by atoms with E-state index in [2.05, 4.69) is 54.0 Å². The normalized spacial score (nSPS) is 20.8. The van der Waals surface area contributed by atoms with Crippen molar-refractivity contribution < 1.29 is 5.11 Å². The quantitative estimate of drug-likeness (QED) is 0.865. The molecule has 0 bridgehead atoms. The molecular weight excluding hydrogens is 248 g/mol. The second kappa shape index (κ2) is 7.77. The summed E-state index contributed by atoms with van der Waals surface area (Å²) in [5.41, 5.74) is 1.43. The maximum Gasteiger partial charge on any atom is 0.0586 e. The predicted octanol–water partition coefficient (Wildman–Crippen LogP) is 2.53. The number of hydrogen-bond acceptors (Lipinski definition) is 3. The fraction of sp³-hybridized carbons (Fsp3) is 0.647. The molecule has 0 unspecified atom stereocenters. The largest absolute Gasteiger partial charge is 0.395 e. The van der Waals surface area contributed by atoms with E-state index in [4.69, 9.17) is 0 Å². The number of nitrogens with zero attached hydrogens (tertiary/aromatic N) is 2. The predicted molar refractivity (Wildman–Crippen MR) is 83.8 cm³/mol. The van der Waals surface area contributed by atoms with Crippen LogP contribution in [0.4, 0.5) is 0 Å². The topological polar surface area (TPSA) is 26.7 Å². The van der Waals surface area contributed by atoms with E-state index in [0.29, 0.717) is 12.1 Å². The molecule has 2 atom stereocenters. The Bertz CT molecular complexity index is 370. The molecule has 0 aromatic heterocycles. The van der Waals surface area contributed by atoms with Gasteiger partial charge in [-0.25, -0.2) is 0 Å². The molecule has 1 N–H and O–H groups in total. The summed E-state index contributed by atoms with van der Waals surface area (Å²) in [6.45, 7) is 9.06. The van der Waals surface area contributed by atoms with Crippen molar-refractivity contribution >= 4 is 0 Å². The van der Waals surface area contributed by atoms with Crippen molar-refractivity contribution in [1.29, 1.82) is 0 Å². The summed E-state index contributed by atoms with van der Waals surface area (Å²) in [7, 11) is 0. The molecule has 1 aromatic rings. The lowest BCUT2D eigenvalue weighted by atomic mass is 10.0. The van der Waals surface area contributed by atoms with Crippen molar-refractivity contribution in [3.05, 3.63) is 35.9 Å². The Morgan fingerprint density at radius 3 is 2.05 bits per heavy atom. The summed E-state index contributed by atoms with van der Waals surface area (Å²) >= 11 is 0. The van der Waals surface area contributed by atoms with Gasteiger partial charge in [-0.05, 0) is 18.4 Å². The van der Waals surface area contributed by atoms with Crippen LogP contribution in [0.3, 0.4) is 0 Å². The Hall–Kier alpha value is -0.900. The molecule has 2 rings (SSSR count). The smallest absolute Gasteiger partial charge is 0.0586 e. The summed E-state index contributed by atoms with van der Waals surface area (Å²) in [6, 6.07) is 11.7. The Balaban J connectivity index is 1.95. The van der Waals surface area contributed by atoms with Gasteiger partial charge in [0.05, 0.1) is 6.61 Å². The molecule has 1 heterocycles. The lowest BCUT2D eigenvalue weighted by Crippen LogP contribution is -2.51. The summed E-state index contributed by atoms with van der Waals surface area (Å²) in [4.78, 5) is 5.03. The molecule has 1 aliphatic rings. The zero-order valence-corrected chi connectivity index (χ0v) is 12.8. The Labute approximate surface area is 123 Å². The molecule has 20 heavy (non-hydrogen) atoms. The third-order valence-electron chi connectivity index (χ3n) is 4.56. The van der Waals surface area contributed by atoms with E-state index < -0.39 is 0 Å². The number of piperazine rings is 1. The second-order valence-electron chi connectivity index (χ2n) is 5.65. The fourth-order valence-electron chi connectivity index (χ4n) is 3.30. The molecule has 1 aromatic carbocycles. The van der Waals surface area contributed by atoms with Crippen molar-refractivity contribution in [1.82, 2.24) is 9.80 Å². The van der Waals surface area contributed by atoms with Crippen molar-refractivity contribution in [3.63, 3.8) is 0 Å². The second-order valence-corrected chi connectivity index (χ2v) is 5.65. The Kier molecular flexibility index (Phi) is 6.02. The van der Waals surface area contributed by atoms with E-state index in [0.717, 1.165) is 39.0 Å². The molecule has 0 spiro atoms. The van der Waals surface area contributed by atoms with Crippen LogP contribution in [0.15, 0.2) is 30.3 Å². The van der Waals surface area contributed by atoms with Crippen LogP contribution < -0.4 is 0 Å². The van der Waals surface area contributed by atoms with Gasteiger partial charge in [0.2, 0.25) is 0 Å². The van der Waals surface area contributed by atoms with Crippen molar-refractivity contribution in [2.45, 2.75) is 38.8 Å². The first-order valence-corrected chi connectivity index (χ1v) is 7.94. The number of aliphatic hydroxyl groups excluding tert-OH is 1. The lowest BCUT2D eigenvalue weighted by molar-refractivity contribution is 0.0443. The van der Waals surface area contributed by atoms with Gasteiger partial charge in [-0.1, -0.05) is 44.2 Å². The van der Waals surface area contributed by atoms with Crippen LogP contribution in [0.5, 0.6) is 0 Å². The van der Waals surface area contributed by atoms with Gasteiger partial charge in [-0.15, -0.1) is 0 Å². The molecule has 1 aliphatic heterocycles. The summed E-state index contributed by atoms with van der Waals surface area (Å²) in [6.07, 6.45) is 2.19. The molecule has 0 radical (unpaired) electrons. The molecule has 0 aliphatic carbocycles. The standard InChI is InChI=1S/C17H28N2O/c1-3-16(14-20)18-10-12-19(13-11-18)17(4-2)15-8-6-5-7-9-15/h5-9,16-17,20H,3-4,10-14H2,1-2H3/t16-,17-/m0/s1. The Morgan fingerprint density at radius 2 is 1.55 bits per heavy atom. The first-order valence-electron chi connectivity index (χ1n) is 7.94. The highest BCUT2D eigenvalue weighted by Gasteiger charge is 2.26. The molecule has 3 heteroatoms. The number of hydrogen-bond donors (Lipinski definition) is 1. The van der Waals surface area contributed by atoms with Gasteiger partial charge < -0.3 is 5.11 Å². The van der Waals surface area contributed by atoms with Gasteiger partial charge in [0.25, 0.3) is 0 Å². The Morgan fingerprint density at radius 1 is 0.950 bits per heavy atom. The molecule has 1 fully saturated rings. The first kappa shape index (κ1) is 15.5. The van der Waals surface area contributed by atoms with Crippen LogP contribution in [0.1, 0.15) is 38.3 Å².